The van der Waals surface area contributed by atoms with Gasteiger partial charge >= 0.3 is 0 Å². The first-order chi connectivity index (χ1) is 23.8. The normalized spacial score (nSPS) is 12.2. The molecule has 0 bridgehead atoms. The molecule has 4 heteroatoms. The summed E-state index contributed by atoms with van der Waals surface area (Å²) in [6, 6.07) is 56.5. The smallest absolute Gasteiger partial charge is 0.165 e. The predicted octanol–water partition coefficient (Wildman–Crippen LogP) is 11.2. The molecule has 4 heterocycles. The van der Waals surface area contributed by atoms with Crippen molar-refractivity contribution in [2.75, 3.05) is 0 Å². The van der Waals surface area contributed by atoms with Crippen molar-refractivity contribution in [1.82, 2.24) is 18.9 Å². The molecule has 0 saturated heterocycles. The monoisotopic (exact) mass is 610 g/mol. The van der Waals surface area contributed by atoms with Crippen LogP contribution in [0.25, 0.3) is 99.1 Å². The molecule has 0 saturated carbocycles. The molecule has 0 amide bonds. The van der Waals surface area contributed by atoms with Crippen LogP contribution in [-0.2, 0) is 0 Å². The lowest BCUT2D eigenvalue weighted by Crippen LogP contribution is -1.97. The Balaban J connectivity index is 1.37. The molecule has 11 aromatic rings. The molecule has 0 spiro atoms. The van der Waals surface area contributed by atoms with E-state index in [1.54, 1.807) is 0 Å². The minimum atomic E-state index is 0.875. The molecule has 7 aromatic carbocycles. The third-order valence-electron chi connectivity index (χ3n) is 10.00. The number of hydrogen-bond acceptors (Lipinski definition) is 2. The lowest BCUT2D eigenvalue weighted by Gasteiger charge is -2.14. The maximum atomic E-state index is 5.34. The topological polar surface area (TPSA) is 35.1 Å². The van der Waals surface area contributed by atoms with Crippen LogP contribution in [0.2, 0.25) is 0 Å². The Labute approximate surface area is 275 Å². The highest BCUT2D eigenvalue weighted by Crippen LogP contribution is 2.45. The Morgan fingerprint density at radius 3 is 1.75 bits per heavy atom. The van der Waals surface area contributed by atoms with Gasteiger partial charge < -0.3 is 4.57 Å². The minimum Gasteiger partial charge on any atom is -0.309 e. The van der Waals surface area contributed by atoms with Gasteiger partial charge in [0.05, 0.1) is 33.1 Å². The summed E-state index contributed by atoms with van der Waals surface area (Å²) in [5.74, 6) is 0. The Bertz CT molecular complexity index is 2990. The van der Waals surface area contributed by atoms with Crippen molar-refractivity contribution in [2.24, 2.45) is 0 Å². The first-order valence-electron chi connectivity index (χ1n) is 16.3. The lowest BCUT2D eigenvalue weighted by atomic mass is 9.98. The van der Waals surface area contributed by atoms with Crippen molar-refractivity contribution in [1.29, 1.82) is 0 Å². The van der Waals surface area contributed by atoms with Crippen molar-refractivity contribution < 1.29 is 0 Å². The molecule has 222 valence electrons. The van der Waals surface area contributed by atoms with Gasteiger partial charge in [0.15, 0.2) is 5.65 Å². The van der Waals surface area contributed by atoms with Crippen LogP contribution in [0.3, 0.4) is 0 Å². The highest BCUT2D eigenvalue weighted by Gasteiger charge is 2.24. The predicted molar refractivity (Wildman–Crippen MR) is 199 cm³/mol. The molecule has 48 heavy (non-hydrogen) atoms. The number of rotatable bonds is 3. The summed E-state index contributed by atoms with van der Waals surface area (Å²) < 4.78 is 4.81. The Morgan fingerprint density at radius 2 is 1.00 bits per heavy atom. The van der Waals surface area contributed by atoms with Gasteiger partial charge in [0.1, 0.15) is 5.52 Å². The van der Waals surface area contributed by atoms with E-state index in [2.05, 4.69) is 155 Å². The lowest BCUT2D eigenvalue weighted by molar-refractivity contribution is 1.18. The molecule has 0 aliphatic carbocycles. The fraction of sp³-hybridized carbons (Fsp3) is 0. The second kappa shape index (κ2) is 9.50. The number of para-hydroxylation sites is 3. The van der Waals surface area contributed by atoms with Gasteiger partial charge in [0.25, 0.3) is 0 Å². The number of aromatic nitrogens is 4. The number of benzene rings is 7. The molecule has 0 fully saturated rings. The van der Waals surface area contributed by atoms with E-state index in [1.807, 2.05) is 12.1 Å². The Morgan fingerprint density at radius 1 is 0.396 bits per heavy atom. The highest BCUT2D eigenvalue weighted by atomic mass is 15.0. The van der Waals surface area contributed by atoms with E-state index in [9.17, 15) is 0 Å². The third kappa shape index (κ3) is 3.43. The van der Waals surface area contributed by atoms with Crippen LogP contribution in [0.4, 0.5) is 0 Å². The molecular weight excluding hydrogens is 585 g/mol. The molecule has 4 nitrogen and oxygen atoms in total. The molecule has 0 aliphatic rings. The van der Waals surface area contributed by atoms with Gasteiger partial charge in [-0.1, -0.05) is 109 Å². The van der Waals surface area contributed by atoms with Gasteiger partial charge in [-0.2, -0.15) is 0 Å². The average molecular weight is 611 g/mol. The third-order valence-corrected chi connectivity index (χ3v) is 10.00. The number of nitrogens with zero attached hydrogens (tertiary/aromatic N) is 4. The van der Waals surface area contributed by atoms with Gasteiger partial charge in [-0.3, -0.25) is 4.40 Å². The first kappa shape index (κ1) is 25.6. The SMILES string of the molecule is c1ccc(-c2cc(-c3ccccc3)cc(-n3c4cccc5c6nc7ccccc7nc6n6c7ccccc7c7ccc3c(c54)c76)c2)cc1. The van der Waals surface area contributed by atoms with Gasteiger partial charge in [-0.25, -0.2) is 9.97 Å². The number of hydrogen-bond donors (Lipinski definition) is 0. The fourth-order valence-electron chi connectivity index (χ4n) is 7.96. The zero-order valence-electron chi connectivity index (χ0n) is 25.8. The summed E-state index contributed by atoms with van der Waals surface area (Å²) in [6.07, 6.45) is 0. The van der Waals surface area contributed by atoms with E-state index < -0.39 is 0 Å². The molecule has 0 unspecified atom stereocenters. The Hall–Kier alpha value is -6.52. The van der Waals surface area contributed by atoms with E-state index in [0.29, 0.717) is 0 Å². The quantitative estimate of drug-likeness (QED) is 0.199. The largest absolute Gasteiger partial charge is 0.309 e. The van der Waals surface area contributed by atoms with Crippen LogP contribution in [-0.4, -0.2) is 18.9 Å². The molecule has 4 aromatic heterocycles. The zero-order valence-corrected chi connectivity index (χ0v) is 25.8. The van der Waals surface area contributed by atoms with E-state index >= 15 is 0 Å². The minimum absolute atomic E-state index is 0.875. The Kier molecular flexibility index (Phi) is 5.08. The first-order valence-corrected chi connectivity index (χ1v) is 16.3. The number of fused-ring (bicyclic) bond motifs is 7. The van der Waals surface area contributed by atoms with Crippen LogP contribution in [0.5, 0.6) is 0 Å². The van der Waals surface area contributed by atoms with Gasteiger partial charge in [0, 0.05) is 32.6 Å². The summed E-state index contributed by atoms with van der Waals surface area (Å²) in [5.41, 5.74) is 14.1. The average Bonchev–Trinajstić information content (AvgIpc) is 3.64. The summed E-state index contributed by atoms with van der Waals surface area (Å²) in [7, 11) is 0. The van der Waals surface area contributed by atoms with Crippen LogP contribution in [0, 0.1) is 0 Å². The summed E-state index contributed by atoms with van der Waals surface area (Å²) in [6.45, 7) is 0. The molecule has 0 aliphatic heterocycles. The second-order valence-electron chi connectivity index (χ2n) is 12.6. The molecule has 0 radical (unpaired) electrons. The maximum absolute atomic E-state index is 5.34. The summed E-state index contributed by atoms with van der Waals surface area (Å²) in [5, 5.41) is 5.97. The van der Waals surface area contributed by atoms with Crippen molar-refractivity contribution in [3.63, 3.8) is 0 Å². The van der Waals surface area contributed by atoms with Gasteiger partial charge in [0.2, 0.25) is 0 Å². The van der Waals surface area contributed by atoms with Crippen molar-refractivity contribution in [2.45, 2.75) is 0 Å². The van der Waals surface area contributed by atoms with Gasteiger partial charge in [-0.15, -0.1) is 0 Å². The van der Waals surface area contributed by atoms with Crippen LogP contribution < -0.4 is 0 Å². The summed E-state index contributed by atoms with van der Waals surface area (Å²) in [4.78, 5) is 10.7. The van der Waals surface area contributed by atoms with Crippen molar-refractivity contribution >= 4 is 71.2 Å². The van der Waals surface area contributed by atoms with Crippen LogP contribution >= 0.6 is 0 Å². The second-order valence-corrected chi connectivity index (χ2v) is 12.6. The molecule has 0 N–H and O–H groups in total. The van der Waals surface area contributed by atoms with Crippen LogP contribution in [0.1, 0.15) is 0 Å². The fourth-order valence-corrected chi connectivity index (χ4v) is 7.96. The van der Waals surface area contributed by atoms with Crippen LogP contribution in [0.15, 0.2) is 158 Å². The van der Waals surface area contributed by atoms with E-state index in [-0.39, 0.29) is 0 Å². The molecular formula is C44H26N4. The van der Waals surface area contributed by atoms with E-state index in [0.717, 1.165) is 49.8 Å². The molecule has 11 rings (SSSR count). The molecule has 0 atom stereocenters. The van der Waals surface area contributed by atoms with Crippen molar-refractivity contribution in [3.05, 3.63) is 158 Å². The zero-order chi connectivity index (χ0) is 31.3. The van der Waals surface area contributed by atoms with Crippen molar-refractivity contribution in [3.8, 4) is 27.9 Å². The van der Waals surface area contributed by atoms with E-state index in [4.69, 9.17) is 9.97 Å². The van der Waals surface area contributed by atoms with Gasteiger partial charge in [-0.05, 0) is 70.8 Å². The van der Waals surface area contributed by atoms with E-state index in [1.165, 1.54) is 49.3 Å². The maximum Gasteiger partial charge on any atom is 0.165 e. The summed E-state index contributed by atoms with van der Waals surface area (Å²) >= 11 is 0. The highest BCUT2D eigenvalue weighted by molar-refractivity contribution is 6.32. The standard InChI is InChI=1S/C44H26N4/c1-3-12-27(13-4-1)29-24-30(28-14-5-2-6-15-28)26-31(25-29)47-38-21-11-17-34-40(38)41-39(47)23-22-33-32-16-7-10-20-37(32)48(43(33)41)44-42(34)45-35-18-8-9-19-36(35)46-44/h1-26H.